The first-order valence-corrected chi connectivity index (χ1v) is 7.28. The molecule has 118 valence electrons. The van der Waals surface area contributed by atoms with Gasteiger partial charge in [0, 0.05) is 20.2 Å². The summed E-state index contributed by atoms with van der Waals surface area (Å²) in [4.78, 5) is 13.5. The molecule has 0 fully saturated rings. The van der Waals surface area contributed by atoms with E-state index in [2.05, 4.69) is 17.4 Å². The summed E-state index contributed by atoms with van der Waals surface area (Å²) in [6.45, 7) is 1.66. The van der Waals surface area contributed by atoms with Crippen molar-refractivity contribution < 1.29 is 14.6 Å². The molecule has 0 spiro atoms. The van der Waals surface area contributed by atoms with Crippen LogP contribution in [-0.2, 0) is 16.0 Å². The smallest absolute Gasteiger partial charge is 0.234 e. The minimum absolute atomic E-state index is 0.0184. The summed E-state index contributed by atoms with van der Waals surface area (Å²) in [6.07, 6.45) is 1.32. The molecule has 1 amide bonds. The fourth-order valence-corrected chi connectivity index (χ4v) is 2.14. The average molecular weight is 294 g/mol. The molecule has 5 nitrogen and oxygen atoms in total. The number of methoxy groups -OCH3 is 1. The number of aliphatic hydroxyl groups is 1. The highest BCUT2D eigenvalue weighted by Crippen LogP contribution is 2.01. The van der Waals surface area contributed by atoms with Crippen LogP contribution in [0, 0.1) is 0 Å². The number of carbonyl (C=O) groups excluding carboxylic acids is 1. The number of likely N-dealkylation sites (N-methyl/N-ethyl adjacent to an activating group) is 1. The Bertz CT molecular complexity index is 398. The van der Waals surface area contributed by atoms with Crippen LogP contribution in [0.25, 0.3) is 0 Å². The molecule has 1 unspecified atom stereocenters. The second kappa shape index (κ2) is 10.3. The normalized spacial score (nSPS) is 12.4. The SMILES string of the molecule is COCC(O)CN(C)CC(=O)NCCCc1ccccc1. The topological polar surface area (TPSA) is 61.8 Å². The van der Waals surface area contributed by atoms with Crippen LogP contribution in [0.3, 0.4) is 0 Å². The molecule has 0 saturated heterocycles. The molecule has 0 aliphatic carbocycles. The average Bonchev–Trinajstić information content (AvgIpc) is 2.44. The molecule has 0 aliphatic rings. The van der Waals surface area contributed by atoms with E-state index in [1.165, 1.54) is 5.56 Å². The molecule has 0 heterocycles. The van der Waals surface area contributed by atoms with Crippen LogP contribution in [-0.4, -0.2) is 62.4 Å². The lowest BCUT2D eigenvalue weighted by atomic mass is 10.1. The van der Waals surface area contributed by atoms with Crippen molar-refractivity contribution in [3.8, 4) is 0 Å². The van der Waals surface area contributed by atoms with Crippen molar-refractivity contribution >= 4 is 5.91 Å². The maximum Gasteiger partial charge on any atom is 0.234 e. The molecule has 1 atom stereocenters. The fourth-order valence-electron chi connectivity index (χ4n) is 2.14. The van der Waals surface area contributed by atoms with Gasteiger partial charge in [0.1, 0.15) is 0 Å². The van der Waals surface area contributed by atoms with E-state index < -0.39 is 6.10 Å². The van der Waals surface area contributed by atoms with Gasteiger partial charge < -0.3 is 15.2 Å². The molecule has 0 aliphatic heterocycles. The number of hydrogen-bond acceptors (Lipinski definition) is 4. The molecule has 1 rings (SSSR count). The quantitative estimate of drug-likeness (QED) is 0.623. The summed E-state index contributed by atoms with van der Waals surface area (Å²) in [5.41, 5.74) is 1.28. The van der Waals surface area contributed by atoms with Crippen LogP contribution < -0.4 is 5.32 Å². The van der Waals surface area contributed by atoms with Crippen molar-refractivity contribution in [3.63, 3.8) is 0 Å². The van der Waals surface area contributed by atoms with Gasteiger partial charge in [-0.1, -0.05) is 30.3 Å². The third kappa shape index (κ3) is 8.45. The van der Waals surface area contributed by atoms with Crippen LogP contribution in [0.5, 0.6) is 0 Å². The first-order valence-electron chi connectivity index (χ1n) is 7.28. The summed E-state index contributed by atoms with van der Waals surface area (Å²) in [7, 11) is 3.35. The van der Waals surface area contributed by atoms with Gasteiger partial charge in [-0.2, -0.15) is 0 Å². The van der Waals surface area contributed by atoms with Crippen LogP contribution in [0.4, 0.5) is 0 Å². The Kier molecular flexibility index (Phi) is 8.66. The van der Waals surface area contributed by atoms with Gasteiger partial charge in [0.05, 0.1) is 19.3 Å². The zero-order chi connectivity index (χ0) is 15.5. The molecule has 0 bridgehead atoms. The second-order valence-electron chi connectivity index (χ2n) is 5.25. The monoisotopic (exact) mass is 294 g/mol. The number of aliphatic hydroxyl groups excluding tert-OH is 1. The molecule has 1 aromatic rings. The number of amides is 1. The summed E-state index contributed by atoms with van der Waals surface area (Å²) < 4.78 is 4.85. The Morgan fingerprint density at radius 2 is 2.10 bits per heavy atom. The summed E-state index contributed by atoms with van der Waals surface area (Å²) in [5, 5.41) is 12.5. The Morgan fingerprint density at radius 1 is 1.38 bits per heavy atom. The van der Waals surface area contributed by atoms with E-state index in [-0.39, 0.29) is 19.1 Å². The van der Waals surface area contributed by atoms with E-state index in [1.807, 2.05) is 25.2 Å². The number of hydrogen-bond donors (Lipinski definition) is 2. The van der Waals surface area contributed by atoms with Gasteiger partial charge in [-0.05, 0) is 25.5 Å². The lowest BCUT2D eigenvalue weighted by Crippen LogP contribution is -2.40. The van der Waals surface area contributed by atoms with Crippen LogP contribution in [0.2, 0.25) is 0 Å². The number of ether oxygens (including phenoxy) is 1. The van der Waals surface area contributed by atoms with Gasteiger partial charge >= 0.3 is 0 Å². The van der Waals surface area contributed by atoms with Gasteiger partial charge in [0.25, 0.3) is 0 Å². The maximum atomic E-state index is 11.7. The number of nitrogens with zero attached hydrogens (tertiary/aromatic N) is 1. The van der Waals surface area contributed by atoms with Crippen molar-refractivity contribution in [1.82, 2.24) is 10.2 Å². The van der Waals surface area contributed by atoms with Crippen molar-refractivity contribution in [2.45, 2.75) is 18.9 Å². The van der Waals surface area contributed by atoms with Crippen LogP contribution in [0.15, 0.2) is 30.3 Å². The van der Waals surface area contributed by atoms with E-state index in [9.17, 15) is 9.90 Å². The van der Waals surface area contributed by atoms with E-state index in [4.69, 9.17) is 4.74 Å². The van der Waals surface area contributed by atoms with Crippen LogP contribution in [0.1, 0.15) is 12.0 Å². The molecule has 21 heavy (non-hydrogen) atoms. The van der Waals surface area contributed by atoms with Crippen LogP contribution >= 0.6 is 0 Å². The van der Waals surface area contributed by atoms with Gasteiger partial charge in [0.15, 0.2) is 0 Å². The molecule has 0 saturated carbocycles. The number of benzene rings is 1. The van der Waals surface area contributed by atoms with Crippen molar-refractivity contribution in [3.05, 3.63) is 35.9 Å². The van der Waals surface area contributed by atoms with Gasteiger partial charge in [-0.15, -0.1) is 0 Å². The number of rotatable bonds is 10. The Hall–Kier alpha value is -1.43. The predicted octanol–water partition coefficient (Wildman–Crippen LogP) is 0.675. The van der Waals surface area contributed by atoms with E-state index in [0.29, 0.717) is 13.1 Å². The minimum atomic E-state index is -0.564. The molecular formula is C16H26N2O3. The highest BCUT2D eigenvalue weighted by Gasteiger charge is 2.10. The number of carbonyl (C=O) groups is 1. The third-order valence-electron chi connectivity index (χ3n) is 3.10. The summed E-state index contributed by atoms with van der Waals surface area (Å²) in [6, 6.07) is 10.2. The second-order valence-corrected chi connectivity index (χ2v) is 5.25. The summed E-state index contributed by atoms with van der Waals surface area (Å²) >= 11 is 0. The maximum absolute atomic E-state index is 11.7. The summed E-state index contributed by atoms with van der Waals surface area (Å²) in [5.74, 6) is -0.0184. The molecule has 2 N–H and O–H groups in total. The van der Waals surface area contributed by atoms with Gasteiger partial charge in [-0.25, -0.2) is 0 Å². The highest BCUT2D eigenvalue weighted by molar-refractivity contribution is 5.77. The molecule has 5 heteroatoms. The first-order chi connectivity index (χ1) is 10.1. The first kappa shape index (κ1) is 17.6. The lowest BCUT2D eigenvalue weighted by molar-refractivity contribution is -0.122. The minimum Gasteiger partial charge on any atom is -0.389 e. The van der Waals surface area contributed by atoms with E-state index in [1.54, 1.807) is 12.0 Å². The number of aryl methyl sites for hydroxylation is 1. The molecule has 1 aromatic carbocycles. The molecule has 0 aromatic heterocycles. The highest BCUT2D eigenvalue weighted by atomic mass is 16.5. The van der Waals surface area contributed by atoms with Gasteiger partial charge in [0.2, 0.25) is 5.91 Å². The fraction of sp³-hybridized carbons (Fsp3) is 0.562. The zero-order valence-electron chi connectivity index (χ0n) is 12.9. The predicted molar refractivity (Wildman–Crippen MR) is 83.2 cm³/mol. The Morgan fingerprint density at radius 3 is 2.76 bits per heavy atom. The van der Waals surface area contributed by atoms with Gasteiger partial charge in [-0.3, -0.25) is 9.69 Å². The van der Waals surface area contributed by atoms with E-state index >= 15 is 0 Å². The largest absolute Gasteiger partial charge is 0.389 e. The van der Waals surface area contributed by atoms with Crippen molar-refractivity contribution in [2.75, 3.05) is 40.4 Å². The standard InChI is InChI=1S/C16H26N2O3/c1-18(11-15(19)13-21-2)12-16(20)17-10-6-9-14-7-4-3-5-8-14/h3-5,7-8,15,19H,6,9-13H2,1-2H3,(H,17,20). The Labute approximate surface area is 126 Å². The lowest BCUT2D eigenvalue weighted by Gasteiger charge is -2.19. The molecule has 0 radical (unpaired) electrons. The number of nitrogens with one attached hydrogen (secondary N) is 1. The van der Waals surface area contributed by atoms with E-state index in [0.717, 1.165) is 12.8 Å². The van der Waals surface area contributed by atoms with Crippen molar-refractivity contribution in [2.24, 2.45) is 0 Å². The Balaban J connectivity index is 2.10. The third-order valence-corrected chi connectivity index (χ3v) is 3.10. The zero-order valence-corrected chi connectivity index (χ0v) is 12.9. The van der Waals surface area contributed by atoms with Crippen molar-refractivity contribution in [1.29, 1.82) is 0 Å². The molecular weight excluding hydrogens is 268 g/mol.